The van der Waals surface area contributed by atoms with Gasteiger partial charge in [-0.2, -0.15) is 0 Å². The third-order valence-electron chi connectivity index (χ3n) is 3.82. The lowest BCUT2D eigenvalue weighted by molar-refractivity contribution is 0.0996. The Morgan fingerprint density at radius 1 is 0.964 bits per heavy atom. The summed E-state index contributed by atoms with van der Waals surface area (Å²) in [6.07, 6.45) is 1.43. The van der Waals surface area contributed by atoms with Crippen LogP contribution in [-0.2, 0) is 13.1 Å². The first-order valence-electron chi connectivity index (χ1n) is 8.40. The first kappa shape index (κ1) is 19.6. The van der Waals surface area contributed by atoms with E-state index in [1.165, 1.54) is 12.3 Å². The molecular formula is C20H17BrFN3O3. The zero-order chi connectivity index (χ0) is 19.9. The highest BCUT2D eigenvalue weighted by molar-refractivity contribution is 9.10. The van der Waals surface area contributed by atoms with E-state index >= 15 is 0 Å². The van der Waals surface area contributed by atoms with Gasteiger partial charge in [0.1, 0.15) is 5.82 Å². The first-order valence-corrected chi connectivity index (χ1v) is 9.20. The van der Waals surface area contributed by atoms with Gasteiger partial charge >= 0.3 is 6.03 Å². The summed E-state index contributed by atoms with van der Waals surface area (Å²) in [5.74, 6) is -0.519. The van der Waals surface area contributed by atoms with Gasteiger partial charge in [-0.3, -0.25) is 4.79 Å². The number of hydrogen-bond acceptors (Lipinski definition) is 3. The monoisotopic (exact) mass is 445 g/mol. The molecule has 0 saturated carbocycles. The molecule has 0 bridgehead atoms. The van der Waals surface area contributed by atoms with Crippen LogP contribution in [0.1, 0.15) is 21.7 Å². The molecule has 0 saturated heterocycles. The number of rotatable bonds is 6. The normalized spacial score (nSPS) is 10.4. The molecule has 0 aliphatic rings. The smallest absolute Gasteiger partial charge is 0.315 e. The van der Waals surface area contributed by atoms with Crippen molar-refractivity contribution < 1.29 is 18.4 Å². The van der Waals surface area contributed by atoms with E-state index in [2.05, 4.69) is 31.9 Å². The van der Waals surface area contributed by atoms with Crippen LogP contribution in [-0.4, -0.2) is 11.9 Å². The summed E-state index contributed by atoms with van der Waals surface area (Å²) < 4.78 is 18.9. The molecule has 0 aliphatic carbocycles. The molecule has 0 atom stereocenters. The molecule has 0 fully saturated rings. The number of carbonyl (C=O) groups excluding carboxylic acids is 2. The van der Waals surface area contributed by atoms with Crippen LogP contribution in [0.4, 0.5) is 14.9 Å². The van der Waals surface area contributed by atoms with Gasteiger partial charge in [-0.25, -0.2) is 9.18 Å². The molecule has 0 radical (unpaired) electrons. The summed E-state index contributed by atoms with van der Waals surface area (Å²) in [7, 11) is 0. The van der Waals surface area contributed by atoms with Crippen LogP contribution >= 0.6 is 15.9 Å². The third kappa shape index (κ3) is 5.43. The molecule has 0 unspecified atom stereocenters. The minimum atomic E-state index is -0.381. The average molecular weight is 446 g/mol. The molecule has 2 aromatic carbocycles. The van der Waals surface area contributed by atoms with E-state index in [9.17, 15) is 14.0 Å². The van der Waals surface area contributed by atoms with Gasteiger partial charge in [-0.15, -0.1) is 0 Å². The van der Waals surface area contributed by atoms with E-state index < -0.39 is 0 Å². The maximum atomic E-state index is 13.5. The highest BCUT2D eigenvalue weighted by atomic mass is 79.9. The van der Waals surface area contributed by atoms with Crippen LogP contribution in [0.15, 0.2) is 69.8 Å². The fraction of sp³-hybridized carbons (Fsp3) is 0.100. The Bertz CT molecular complexity index is 977. The van der Waals surface area contributed by atoms with Crippen molar-refractivity contribution in [2.45, 2.75) is 13.1 Å². The zero-order valence-corrected chi connectivity index (χ0v) is 16.3. The van der Waals surface area contributed by atoms with E-state index in [1.807, 2.05) is 6.07 Å². The van der Waals surface area contributed by atoms with Gasteiger partial charge in [-0.05, 0) is 63.5 Å². The van der Waals surface area contributed by atoms with Crippen molar-refractivity contribution in [2.75, 3.05) is 5.32 Å². The Morgan fingerprint density at radius 2 is 1.71 bits per heavy atom. The van der Waals surface area contributed by atoms with Gasteiger partial charge in [0.2, 0.25) is 0 Å². The number of hydrogen-bond donors (Lipinski definition) is 3. The molecule has 1 heterocycles. The number of anilines is 1. The lowest BCUT2D eigenvalue weighted by atomic mass is 10.2. The van der Waals surface area contributed by atoms with Gasteiger partial charge in [0.15, 0.2) is 5.76 Å². The predicted octanol–water partition coefficient (Wildman–Crippen LogP) is 4.43. The minimum Gasteiger partial charge on any atom is -0.459 e. The molecule has 144 valence electrons. The number of furan rings is 1. The van der Waals surface area contributed by atoms with Gasteiger partial charge in [-0.1, -0.05) is 18.2 Å². The Kier molecular flexibility index (Phi) is 6.44. The Hall–Kier alpha value is -3.13. The molecule has 3 amide bonds. The maximum Gasteiger partial charge on any atom is 0.315 e. The molecule has 3 rings (SSSR count). The lowest BCUT2D eigenvalue weighted by Crippen LogP contribution is -2.34. The second-order valence-electron chi connectivity index (χ2n) is 5.92. The van der Waals surface area contributed by atoms with Crippen LogP contribution in [0.2, 0.25) is 0 Å². The first-order chi connectivity index (χ1) is 13.5. The summed E-state index contributed by atoms with van der Waals surface area (Å²) in [6.45, 7) is 0.472. The van der Waals surface area contributed by atoms with Crippen molar-refractivity contribution in [1.29, 1.82) is 0 Å². The fourth-order valence-electron chi connectivity index (χ4n) is 2.44. The van der Waals surface area contributed by atoms with E-state index in [0.29, 0.717) is 15.7 Å². The number of halogens is 2. The Morgan fingerprint density at radius 3 is 2.39 bits per heavy atom. The van der Waals surface area contributed by atoms with Crippen molar-refractivity contribution in [3.8, 4) is 0 Å². The van der Waals surface area contributed by atoms with Gasteiger partial charge in [0.05, 0.1) is 10.7 Å². The van der Waals surface area contributed by atoms with E-state index in [0.717, 1.165) is 5.56 Å². The molecule has 8 heteroatoms. The van der Waals surface area contributed by atoms with Crippen molar-refractivity contribution in [1.82, 2.24) is 10.6 Å². The number of benzene rings is 2. The SMILES string of the molecule is O=C(NCc1cccc(NC(=O)c2ccco2)c1)NCc1ccc(Br)c(F)c1. The topological polar surface area (TPSA) is 83.4 Å². The summed E-state index contributed by atoms with van der Waals surface area (Å²) >= 11 is 3.09. The second kappa shape index (κ2) is 9.18. The van der Waals surface area contributed by atoms with Gasteiger partial charge in [0.25, 0.3) is 5.91 Å². The number of nitrogens with one attached hydrogen (secondary N) is 3. The summed E-state index contributed by atoms with van der Waals surface area (Å²) in [6, 6.07) is 14.6. The van der Waals surface area contributed by atoms with Crippen molar-refractivity contribution >= 4 is 33.6 Å². The zero-order valence-electron chi connectivity index (χ0n) is 14.7. The summed E-state index contributed by atoms with van der Waals surface area (Å²) in [5, 5.41) is 8.11. The van der Waals surface area contributed by atoms with E-state index in [1.54, 1.807) is 42.5 Å². The van der Waals surface area contributed by atoms with Gasteiger partial charge in [0, 0.05) is 18.8 Å². The minimum absolute atomic E-state index is 0.204. The van der Waals surface area contributed by atoms with Crippen LogP contribution in [0.25, 0.3) is 0 Å². The van der Waals surface area contributed by atoms with E-state index in [4.69, 9.17) is 4.42 Å². The molecule has 1 aromatic heterocycles. The molecule has 6 nitrogen and oxygen atoms in total. The summed E-state index contributed by atoms with van der Waals surface area (Å²) in [4.78, 5) is 24.0. The molecule has 0 aliphatic heterocycles. The molecular weight excluding hydrogens is 429 g/mol. The largest absolute Gasteiger partial charge is 0.459 e. The van der Waals surface area contributed by atoms with Crippen molar-refractivity contribution in [3.05, 3.63) is 88.0 Å². The number of amides is 3. The highest BCUT2D eigenvalue weighted by Crippen LogP contribution is 2.16. The van der Waals surface area contributed by atoms with Crippen molar-refractivity contribution in [2.24, 2.45) is 0 Å². The fourth-order valence-corrected chi connectivity index (χ4v) is 2.68. The van der Waals surface area contributed by atoms with Crippen LogP contribution in [0.5, 0.6) is 0 Å². The lowest BCUT2D eigenvalue weighted by Gasteiger charge is -2.10. The summed E-state index contributed by atoms with van der Waals surface area (Å²) in [5.41, 5.74) is 2.05. The van der Waals surface area contributed by atoms with E-state index in [-0.39, 0.29) is 36.6 Å². The van der Waals surface area contributed by atoms with Crippen LogP contribution in [0.3, 0.4) is 0 Å². The quantitative estimate of drug-likeness (QED) is 0.524. The van der Waals surface area contributed by atoms with Crippen LogP contribution in [0, 0.1) is 5.82 Å². The maximum absolute atomic E-state index is 13.5. The third-order valence-corrected chi connectivity index (χ3v) is 4.46. The average Bonchev–Trinajstić information content (AvgIpc) is 3.22. The Balaban J connectivity index is 1.49. The molecule has 28 heavy (non-hydrogen) atoms. The Labute approximate surface area is 169 Å². The predicted molar refractivity (Wildman–Crippen MR) is 106 cm³/mol. The number of carbonyl (C=O) groups is 2. The van der Waals surface area contributed by atoms with Crippen molar-refractivity contribution in [3.63, 3.8) is 0 Å². The standard InChI is InChI=1S/C20H17BrFN3O3/c21-16-7-6-14(10-17(16)22)12-24-20(27)23-11-13-3-1-4-15(9-13)25-19(26)18-5-2-8-28-18/h1-10H,11-12H2,(H,25,26)(H2,23,24,27). The van der Waals surface area contributed by atoms with Gasteiger partial charge < -0.3 is 20.4 Å². The molecule has 3 N–H and O–H groups in total. The molecule has 3 aromatic rings. The highest BCUT2D eigenvalue weighted by Gasteiger charge is 2.09. The number of urea groups is 1. The molecule has 0 spiro atoms. The van der Waals surface area contributed by atoms with Crippen LogP contribution < -0.4 is 16.0 Å². The second-order valence-corrected chi connectivity index (χ2v) is 6.77.